The topological polar surface area (TPSA) is 93.1 Å². The van der Waals surface area contributed by atoms with Gasteiger partial charge in [-0.1, -0.05) is 24.8 Å². The molecule has 7 nitrogen and oxygen atoms in total. The van der Waals surface area contributed by atoms with Crippen molar-refractivity contribution < 1.29 is 9.59 Å². The van der Waals surface area contributed by atoms with Gasteiger partial charge in [-0.15, -0.1) is 17.9 Å². The summed E-state index contributed by atoms with van der Waals surface area (Å²) < 4.78 is 1.61. The Labute approximate surface area is 200 Å². The molecule has 3 aromatic rings. The first-order valence-corrected chi connectivity index (χ1v) is 12.6. The standard InChI is InChI=1S/C24H26N4O3S2/c1-4-11-28-23(31)21-18-10-5-14(2)12-19(18)33-22(21)27-24(28)32-13-20(30)26-17-8-6-16(7-9-17)25-15(3)29/h4,6-9,14H,1,5,10-13H2,2-3H3,(H,25,29)(H,26,30). The van der Waals surface area contributed by atoms with Gasteiger partial charge in [-0.2, -0.15) is 0 Å². The molecule has 1 aromatic carbocycles. The van der Waals surface area contributed by atoms with Crippen LogP contribution in [0.2, 0.25) is 0 Å². The van der Waals surface area contributed by atoms with Crippen molar-refractivity contribution in [2.45, 2.75) is 44.8 Å². The number of aryl methyl sites for hydroxylation is 1. The third-order valence-electron chi connectivity index (χ3n) is 5.51. The van der Waals surface area contributed by atoms with E-state index in [2.05, 4.69) is 24.1 Å². The molecule has 2 heterocycles. The van der Waals surface area contributed by atoms with Crippen molar-refractivity contribution in [3.63, 3.8) is 0 Å². The molecule has 0 fully saturated rings. The number of hydrogen-bond acceptors (Lipinski definition) is 6. The Morgan fingerprint density at radius 2 is 1.97 bits per heavy atom. The molecular weight excluding hydrogens is 456 g/mol. The second-order valence-corrected chi connectivity index (χ2v) is 10.3. The quantitative estimate of drug-likeness (QED) is 0.295. The number of amides is 2. The zero-order valence-corrected chi connectivity index (χ0v) is 20.3. The lowest BCUT2D eigenvalue weighted by molar-refractivity contribution is -0.114. The van der Waals surface area contributed by atoms with Crippen LogP contribution in [0, 0.1) is 5.92 Å². The van der Waals surface area contributed by atoms with Gasteiger partial charge in [-0.3, -0.25) is 19.0 Å². The lowest BCUT2D eigenvalue weighted by Gasteiger charge is -2.17. The Kier molecular flexibility index (Phi) is 6.99. The SMILES string of the molecule is C=CCn1c(SCC(=O)Nc2ccc(NC(C)=O)cc2)nc2sc3c(c2c1=O)CCC(C)C3. The number of allylic oxidation sites excluding steroid dienone is 1. The highest BCUT2D eigenvalue weighted by Gasteiger charge is 2.24. The molecule has 2 amide bonds. The number of thioether (sulfide) groups is 1. The maximum Gasteiger partial charge on any atom is 0.263 e. The van der Waals surface area contributed by atoms with Crippen LogP contribution in [0.3, 0.4) is 0 Å². The molecule has 0 bridgehead atoms. The van der Waals surface area contributed by atoms with Gasteiger partial charge in [0.1, 0.15) is 4.83 Å². The minimum Gasteiger partial charge on any atom is -0.326 e. The number of nitrogens with zero attached hydrogens (tertiary/aromatic N) is 2. The molecule has 33 heavy (non-hydrogen) atoms. The molecule has 0 radical (unpaired) electrons. The lowest BCUT2D eigenvalue weighted by Crippen LogP contribution is -2.24. The molecule has 1 aliphatic carbocycles. The van der Waals surface area contributed by atoms with E-state index in [1.165, 1.54) is 23.6 Å². The number of rotatable bonds is 7. The Morgan fingerprint density at radius 3 is 2.64 bits per heavy atom. The number of hydrogen-bond donors (Lipinski definition) is 2. The van der Waals surface area contributed by atoms with Crippen LogP contribution in [0.4, 0.5) is 11.4 Å². The second kappa shape index (κ2) is 9.93. The van der Waals surface area contributed by atoms with E-state index in [1.54, 1.807) is 46.2 Å². The van der Waals surface area contributed by atoms with Crippen molar-refractivity contribution in [3.05, 3.63) is 57.7 Å². The number of carbonyl (C=O) groups excluding carboxylic acids is 2. The van der Waals surface area contributed by atoms with Crippen molar-refractivity contribution in [2.24, 2.45) is 5.92 Å². The van der Waals surface area contributed by atoms with E-state index < -0.39 is 0 Å². The first-order valence-electron chi connectivity index (χ1n) is 10.8. The molecule has 1 aliphatic rings. The van der Waals surface area contributed by atoms with E-state index in [0.29, 0.717) is 29.0 Å². The average Bonchev–Trinajstić information content (AvgIpc) is 3.13. The fourth-order valence-corrected chi connectivity index (χ4v) is 6.20. The van der Waals surface area contributed by atoms with Crippen LogP contribution >= 0.6 is 23.1 Å². The zero-order chi connectivity index (χ0) is 23.5. The van der Waals surface area contributed by atoms with Gasteiger partial charge in [-0.25, -0.2) is 4.98 Å². The number of thiophene rings is 1. The van der Waals surface area contributed by atoms with Crippen molar-refractivity contribution in [1.29, 1.82) is 0 Å². The molecule has 0 spiro atoms. The molecule has 2 aromatic heterocycles. The van der Waals surface area contributed by atoms with E-state index in [9.17, 15) is 14.4 Å². The predicted molar refractivity (Wildman–Crippen MR) is 135 cm³/mol. The van der Waals surface area contributed by atoms with E-state index in [4.69, 9.17) is 4.98 Å². The van der Waals surface area contributed by atoms with E-state index >= 15 is 0 Å². The number of nitrogens with one attached hydrogen (secondary N) is 2. The van der Waals surface area contributed by atoms with E-state index in [0.717, 1.165) is 35.0 Å². The Bertz CT molecular complexity index is 1280. The van der Waals surface area contributed by atoms with Crippen LogP contribution in [0.1, 0.15) is 30.7 Å². The van der Waals surface area contributed by atoms with Crippen molar-refractivity contribution in [3.8, 4) is 0 Å². The summed E-state index contributed by atoms with van der Waals surface area (Å²) in [6, 6.07) is 6.90. The van der Waals surface area contributed by atoms with Gasteiger partial charge in [-0.05, 0) is 55.0 Å². The monoisotopic (exact) mass is 482 g/mol. The number of anilines is 2. The summed E-state index contributed by atoms with van der Waals surface area (Å²) in [7, 11) is 0. The van der Waals surface area contributed by atoms with Gasteiger partial charge >= 0.3 is 0 Å². The summed E-state index contributed by atoms with van der Waals surface area (Å²) in [5.41, 5.74) is 2.39. The fourth-order valence-electron chi connectivity index (χ4n) is 3.97. The third kappa shape index (κ3) is 5.20. The molecule has 1 unspecified atom stereocenters. The number of fused-ring (bicyclic) bond motifs is 3. The Balaban J connectivity index is 1.52. The first-order chi connectivity index (χ1) is 15.9. The van der Waals surface area contributed by atoms with Gasteiger partial charge < -0.3 is 10.6 Å². The molecule has 1 atom stereocenters. The molecule has 4 rings (SSSR count). The van der Waals surface area contributed by atoms with Gasteiger partial charge in [0.15, 0.2) is 5.16 Å². The summed E-state index contributed by atoms with van der Waals surface area (Å²) in [6.45, 7) is 7.81. The lowest BCUT2D eigenvalue weighted by atomic mass is 9.89. The van der Waals surface area contributed by atoms with Gasteiger partial charge in [0.2, 0.25) is 11.8 Å². The first kappa shape index (κ1) is 23.3. The Hall–Kier alpha value is -2.91. The smallest absolute Gasteiger partial charge is 0.263 e. The highest BCUT2D eigenvalue weighted by molar-refractivity contribution is 7.99. The van der Waals surface area contributed by atoms with Gasteiger partial charge in [0, 0.05) is 29.7 Å². The highest BCUT2D eigenvalue weighted by atomic mass is 32.2. The predicted octanol–water partition coefficient (Wildman–Crippen LogP) is 4.46. The van der Waals surface area contributed by atoms with Crippen LogP contribution in [0.25, 0.3) is 10.2 Å². The highest BCUT2D eigenvalue weighted by Crippen LogP contribution is 2.36. The molecule has 2 N–H and O–H groups in total. The Morgan fingerprint density at radius 1 is 1.27 bits per heavy atom. The maximum atomic E-state index is 13.3. The minimum atomic E-state index is -0.203. The van der Waals surface area contributed by atoms with Gasteiger partial charge in [0.05, 0.1) is 11.1 Å². The summed E-state index contributed by atoms with van der Waals surface area (Å²) in [5, 5.41) is 6.78. The van der Waals surface area contributed by atoms with Crippen LogP contribution in [0.15, 0.2) is 46.9 Å². The average molecular weight is 483 g/mol. The van der Waals surface area contributed by atoms with Crippen LogP contribution in [-0.4, -0.2) is 27.1 Å². The molecular formula is C24H26N4O3S2. The normalized spacial score (nSPS) is 15.2. The van der Waals surface area contributed by atoms with E-state index in [-0.39, 0.29) is 23.1 Å². The van der Waals surface area contributed by atoms with Crippen molar-refractivity contribution >= 4 is 56.5 Å². The van der Waals surface area contributed by atoms with Crippen molar-refractivity contribution in [2.75, 3.05) is 16.4 Å². The summed E-state index contributed by atoms with van der Waals surface area (Å²) >= 11 is 2.85. The van der Waals surface area contributed by atoms with Crippen LogP contribution in [0.5, 0.6) is 0 Å². The fraction of sp³-hybridized carbons (Fsp3) is 0.333. The molecule has 0 saturated heterocycles. The van der Waals surface area contributed by atoms with Crippen LogP contribution < -0.4 is 16.2 Å². The number of carbonyl (C=O) groups is 2. The molecule has 0 aliphatic heterocycles. The summed E-state index contributed by atoms with van der Waals surface area (Å²) in [6.07, 6.45) is 4.67. The molecule has 9 heteroatoms. The number of aromatic nitrogens is 2. The number of benzene rings is 1. The second-order valence-electron chi connectivity index (χ2n) is 8.23. The van der Waals surface area contributed by atoms with Crippen LogP contribution in [-0.2, 0) is 29.0 Å². The largest absolute Gasteiger partial charge is 0.326 e. The summed E-state index contributed by atoms with van der Waals surface area (Å²) in [4.78, 5) is 43.8. The molecule has 172 valence electrons. The van der Waals surface area contributed by atoms with Gasteiger partial charge in [0.25, 0.3) is 5.56 Å². The maximum absolute atomic E-state index is 13.3. The summed E-state index contributed by atoms with van der Waals surface area (Å²) in [5.74, 6) is 0.376. The zero-order valence-electron chi connectivity index (χ0n) is 18.6. The van der Waals surface area contributed by atoms with E-state index in [1.807, 2.05) is 0 Å². The molecule has 0 saturated carbocycles. The van der Waals surface area contributed by atoms with Crippen molar-refractivity contribution in [1.82, 2.24) is 9.55 Å². The minimum absolute atomic E-state index is 0.0524. The third-order valence-corrected chi connectivity index (χ3v) is 7.64.